The molecular formula is C19H22N4O. The normalized spacial score (nSPS) is 18.2. The van der Waals surface area contributed by atoms with Gasteiger partial charge in [-0.3, -0.25) is 4.79 Å². The van der Waals surface area contributed by atoms with Gasteiger partial charge >= 0.3 is 0 Å². The molecule has 3 heterocycles. The average molecular weight is 322 g/mol. The van der Waals surface area contributed by atoms with Crippen LogP contribution in [0.1, 0.15) is 30.0 Å². The summed E-state index contributed by atoms with van der Waals surface area (Å²) in [4.78, 5) is 22.2. The zero-order chi connectivity index (χ0) is 16.5. The predicted octanol–water partition coefficient (Wildman–Crippen LogP) is 3.08. The molecule has 1 atom stereocenters. The molecule has 1 aliphatic heterocycles. The standard InChI is InChI=1S/C19H22N4O/c1-14-4-5-17-15(11-21-18(17)9-14)10-19(24)22-7-2-3-16(12-22)23-8-6-20-13-23/h4-6,8-9,11,13,16,21H,2-3,7,10,12H2,1H3/t16-/m1/s1. The number of carbonyl (C=O) groups is 1. The molecule has 2 aromatic heterocycles. The van der Waals surface area contributed by atoms with Gasteiger partial charge < -0.3 is 14.5 Å². The summed E-state index contributed by atoms with van der Waals surface area (Å²) in [6, 6.07) is 6.67. The van der Waals surface area contributed by atoms with E-state index in [-0.39, 0.29) is 5.91 Å². The van der Waals surface area contributed by atoms with Gasteiger partial charge in [-0.1, -0.05) is 12.1 Å². The summed E-state index contributed by atoms with van der Waals surface area (Å²) in [6.45, 7) is 3.71. The first-order valence-corrected chi connectivity index (χ1v) is 8.52. The van der Waals surface area contributed by atoms with Crippen LogP contribution in [0.5, 0.6) is 0 Å². The van der Waals surface area contributed by atoms with E-state index in [1.165, 1.54) is 5.56 Å². The highest BCUT2D eigenvalue weighted by atomic mass is 16.2. The van der Waals surface area contributed by atoms with E-state index in [4.69, 9.17) is 0 Å². The van der Waals surface area contributed by atoms with Gasteiger partial charge in [-0.05, 0) is 37.0 Å². The summed E-state index contributed by atoms with van der Waals surface area (Å²) in [5.41, 5.74) is 3.41. The number of H-pyrrole nitrogens is 1. The fourth-order valence-electron chi connectivity index (χ4n) is 3.63. The second-order valence-electron chi connectivity index (χ2n) is 6.69. The molecule has 0 unspecified atom stereocenters. The zero-order valence-electron chi connectivity index (χ0n) is 13.9. The van der Waals surface area contributed by atoms with Gasteiger partial charge in [0.05, 0.1) is 18.8 Å². The fourth-order valence-corrected chi connectivity index (χ4v) is 3.63. The molecule has 0 aliphatic carbocycles. The second-order valence-corrected chi connectivity index (χ2v) is 6.69. The third-order valence-electron chi connectivity index (χ3n) is 4.96. The Balaban J connectivity index is 1.49. The molecule has 4 rings (SSSR count). The molecule has 1 amide bonds. The minimum absolute atomic E-state index is 0.210. The van der Waals surface area contributed by atoms with Gasteiger partial charge in [0.1, 0.15) is 0 Å². The maximum atomic E-state index is 12.8. The number of hydrogen-bond acceptors (Lipinski definition) is 2. The number of imidazole rings is 1. The van der Waals surface area contributed by atoms with Crippen LogP contribution in [0.25, 0.3) is 10.9 Å². The number of benzene rings is 1. The predicted molar refractivity (Wildman–Crippen MR) is 93.8 cm³/mol. The van der Waals surface area contributed by atoms with Crippen molar-refractivity contribution in [2.45, 2.75) is 32.2 Å². The molecule has 1 aliphatic rings. The monoisotopic (exact) mass is 322 g/mol. The Morgan fingerprint density at radius 1 is 1.42 bits per heavy atom. The topological polar surface area (TPSA) is 53.9 Å². The van der Waals surface area contributed by atoms with Crippen LogP contribution in [0, 0.1) is 6.92 Å². The van der Waals surface area contributed by atoms with E-state index in [2.05, 4.69) is 39.7 Å². The number of amides is 1. The number of fused-ring (bicyclic) bond motifs is 1. The van der Waals surface area contributed by atoms with E-state index >= 15 is 0 Å². The van der Waals surface area contributed by atoms with Crippen molar-refractivity contribution in [2.75, 3.05) is 13.1 Å². The Labute approximate surface area is 141 Å². The molecule has 3 aromatic rings. The summed E-state index contributed by atoms with van der Waals surface area (Å²) in [6.07, 6.45) is 10.2. The first-order valence-electron chi connectivity index (χ1n) is 8.52. The van der Waals surface area contributed by atoms with Gasteiger partial charge in [-0.15, -0.1) is 0 Å². The molecule has 0 saturated carbocycles. The van der Waals surface area contributed by atoms with E-state index in [0.29, 0.717) is 12.5 Å². The summed E-state index contributed by atoms with van der Waals surface area (Å²) in [5, 5.41) is 1.15. The van der Waals surface area contributed by atoms with Crippen LogP contribution in [-0.4, -0.2) is 38.4 Å². The number of carbonyl (C=O) groups excluding carboxylic acids is 1. The molecular weight excluding hydrogens is 300 g/mol. The minimum atomic E-state index is 0.210. The Hall–Kier alpha value is -2.56. The van der Waals surface area contributed by atoms with E-state index in [1.807, 2.05) is 23.6 Å². The van der Waals surface area contributed by atoms with Crippen LogP contribution < -0.4 is 0 Å². The van der Waals surface area contributed by atoms with Crippen molar-refractivity contribution in [1.29, 1.82) is 0 Å². The van der Waals surface area contributed by atoms with Crippen LogP contribution >= 0.6 is 0 Å². The lowest BCUT2D eigenvalue weighted by molar-refractivity contribution is -0.132. The Morgan fingerprint density at radius 2 is 2.33 bits per heavy atom. The first kappa shape index (κ1) is 15.0. The molecule has 1 fully saturated rings. The zero-order valence-corrected chi connectivity index (χ0v) is 13.9. The molecule has 1 N–H and O–H groups in total. The average Bonchev–Trinajstić information content (AvgIpc) is 3.25. The van der Waals surface area contributed by atoms with Gasteiger partial charge in [-0.25, -0.2) is 4.98 Å². The Bertz CT molecular complexity index is 850. The van der Waals surface area contributed by atoms with E-state index < -0.39 is 0 Å². The quantitative estimate of drug-likeness (QED) is 0.805. The number of rotatable bonds is 3. The van der Waals surface area contributed by atoms with Crippen molar-refractivity contribution in [3.05, 3.63) is 54.2 Å². The number of likely N-dealkylation sites (tertiary alicyclic amines) is 1. The number of aryl methyl sites for hydroxylation is 1. The van der Waals surface area contributed by atoms with E-state index in [9.17, 15) is 4.79 Å². The molecule has 24 heavy (non-hydrogen) atoms. The van der Waals surface area contributed by atoms with Crippen LogP contribution in [0.3, 0.4) is 0 Å². The van der Waals surface area contributed by atoms with Crippen molar-refractivity contribution in [3.63, 3.8) is 0 Å². The number of aromatic nitrogens is 3. The van der Waals surface area contributed by atoms with Gasteiger partial charge in [0, 0.05) is 42.6 Å². The largest absolute Gasteiger partial charge is 0.361 e. The van der Waals surface area contributed by atoms with Crippen molar-refractivity contribution in [3.8, 4) is 0 Å². The van der Waals surface area contributed by atoms with Crippen LogP contribution in [0.2, 0.25) is 0 Å². The van der Waals surface area contributed by atoms with Crippen molar-refractivity contribution >= 4 is 16.8 Å². The minimum Gasteiger partial charge on any atom is -0.361 e. The van der Waals surface area contributed by atoms with E-state index in [1.54, 1.807) is 6.20 Å². The molecule has 5 nitrogen and oxygen atoms in total. The number of nitrogens with one attached hydrogen (secondary N) is 1. The highest BCUT2D eigenvalue weighted by molar-refractivity contribution is 5.89. The third-order valence-corrected chi connectivity index (χ3v) is 4.96. The first-order chi connectivity index (χ1) is 11.7. The van der Waals surface area contributed by atoms with Crippen molar-refractivity contribution in [2.24, 2.45) is 0 Å². The summed E-state index contributed by atoms with van der Waals surface area (Å²) < 4.78 is 2.12. The molecule has 5 heteroatoms. The van der Waals surface area contributed by atoms with Crippen molar-refractivity contribution < 1.29 is 4.79 Å². The van der Waals surface area contributed by atoms with Crippen LogP contribution in [-0.2, 0) is 11.2 Å². The second kappa shape index (κ2) is 6.15. The van der Waals surface area contributed by atoms with Gasteiger partial charge in [0.25, 0.3) is 0 Å². The molecule has 0 bridgehead atoms. The lowest BCUT2D eigenvalue weighted by Crippen LogP contribution is -2.41. The van der Waals surface area contributed by atoms with Crippen LogP contribution in [0.4, 0.5) is 0 Å². The lowest BCUT2D eigenvalue weighted by atomic mass is 10.0. The maximum Gasteiger partial charge on any atom is 0.227 e. The maximum absolute atomic E-state index is 12.8. The summed E-state index contributed by atoms with van der Waals surface area (Å²) in [7, 11) is 0. The van der Waals surface area contributed by atoms with Crippen LogP contribution in [0.15, 0.2) is 43.1 Å². The van der Waals surface area contributed by atoms with E-state index in [0.717, 1.165) is 42.4 Å². The van der Waals surface area contributed by atoms with Crippen molar-refractivity contribution in [1.82, 2.24) is 19.4 Å². The SMILES string of the molecule is Cc1ccc2c(CC(=O)N3CCC[C@@H](n4ccnc4)C3)c[nH]c2c1. The molecule has 0 spiro atoms. The number of nitrogens with zero attached hydrogens (tertiary/aromatic N) is 3. The summed E-state index contributed by atoms with van der Waals surface area (Å²) in [5.74, 6) is 0.210. The van der Waals surface area contributed by atoms with Gasteiger partial charge in [0.2, 0.25) is 5.91 Å². The van der Waals surface area contributed by atoms with Gasteiger partial charge in [0.15, 0.2) is 0 Å². The molecule has 1 aromatic carbocycles. The Kier molecular flexibility index (Phi) is 3.84. The smallest absolute Gasteiger partial charge is 0.227 e. The number of hydrogen-bond donors (Lipinski definition) is 1. The summed E-state index contributed by atoms with van der Waals surface area (Å²) >= 11 is 0. The lowest BCUT2D eigenvalue weighted by Gasteiger charge is -2.33. The highest BCUT2D eigenvalue weighted by Crippen LogP contribution is 2.24. The highest BCUT2D eigenvalue weighted by Gasteiger charge is 2.25. The Morgan fingerprint density at radius 3 is 3.17 bits per heavy atom. The molecule has 0 radical (unpaired) electrons. The molecule has 124 valence electrons. The third kappa shape index (κ3) is 2.82. The number of aromatic amines is 1. The molecule has 1 saturated heterocycles. The number of piperidine rings is 1. The fraction of sp³-hybridized carbons (Fsp3) is 0.368. The van der Waals surface area contributed by atoms with Gasteiger partial charge in [-0.2, -0.15) is 0 Å².